The standard InChI is InChI=1S/C19H23N3O4S/c1-3-8-14-9-5-6-12-17(14)22-27(25,26)16-11-7-10-15(13-16)20-19(24)21-18(23)4-2/h5-7,9-13,22H,3-4,8H2,1-2H3,(H2,20,21,23,24). The molecular weight excluding hydrogens is 366 g/mol. The van der Waals surface area contributed by atoms with Gasteiger partial charge in [0, 0.05) is 12.1 Å². The van der Waals surface area contributed by atoms with Crippen molar-refractivity contribution in [2.75, 3.05) is 10.0 Å². The topological polar surface area (TPSA) is 104 Å². The van der Waals surface area contributed by atoms with Crippen molar-refractivity contribution in [3.8, 4) is 0 Å². The third kappa shape index (κ3) is 5.82. The minimum absolute atomic E-state index is 0.00780. The van der Waals surface area contributed by atoms with Gasteiger partial charge in [-0.1, -0.05) is 44.5 Å². The van der Waals surface area contributed by atoms with E-state index in [0.717, 1.165) is 18.4 Å². The van der Waals surface area contributed by atoms with E-state index in [9.17, 15) is 18.0 Å². The van der Waals surface area contributed by atoms with Gasteiger partial charge in [-0.15, -0.1) is 0 Å². The Morgan fingerprint density at radius 2 is 1.74 bits per heavy atom. The molecule has 0 fully saturated rings. The van der Waals surface area contributed by atoms with Crippen LogP contribution in [0.2, 0.25) is 0 Å². The van der Waals surface area contributed by atoms with Crippen molar-refractivity contribution in [3.63, 3.8) is 0 Å². The molecule has 0 bridgehead atoms. The van der Waals surface area contributed by atoms with Crippen molar-refractivity contribution >= 4 is 33.3 Å². The summed E-state index contributed by atoms with van der Waals surface area (Å²) in [6, 6.07) is 12.4. The Morgan fingerprint density at radius 3 is 2.44 bits per heavy atom. The SMILES string of the molecule is CCCc1ccccc1NS(=O)(=O)c1cccc(NC(=O)NC(=O)CC)c1. The molecule has 27 heavy (non-hydrogen) atoms. The lowest BCUT2D eigenvalue weighted by Crippen LogP contribution is -2.33. The molecular formula is C19H23N3O4S. The second-order valence-electron chi connectivity index (χ2n) is 5.90. The average Bonchev–Trinajstić information content (AvgIpc) is 2.63. The maximum atomic E-state index is 12.7. The van der Waals surface area contributed by atoms with Crippen LogP contribution in [0.5, 0.6) is 0 Å². The van der Waals surface area contributed by atoms with Crippen LogP contribution >= 0.6 is 0 Å². The monoisotopic (exact) mass is 389 g/mol. The van der Waals surface area contributed by atoms with E-state index in [2.05, 4.69) is 15.4 Å². The summed E-state index contributed by atoms with van der Waals surface area (Å²) in [6.45, 7) is 3.65. The lowest BCUT2D eigenvalue weighted by Gasteiger charge is -2.13. The highest BCUT2D eigenvalue weighted by atomic mass is 32.2. The van der Waals surface area contributed by atoms with Crippen molar-refractivity contribution in [3.05, 3.63) is 54.1 Å². The minimum atomic E-state index is -3.83. The zero-order valence-electron chi connectivity index (χ0n) is 15.3. The molecule has 0 saturated heterocycles. The number of nitrogens with one attached hydrogen (secondary N) is 3. The number of benzene rings is 2. The number of anilines is 2. The van der Waals surface area contributed by atoms with Gasteiger partial charge >= 0.3 is 6.03 Å². The number of carbonyl (C=O) groups excluding carboxylic acids is 2. The van der Waals surface area contributed by atoms with Crippen LogP contribution < -0.4 is 15.4 Å². The van der Waals surface area contributed by atoms with Gasteiger partial charge in [0.15, 0.2) is 0 Å². The Bertz CT molecular complexity index is 926. The van der Waals surface area contributed by atoms with E-state index in [0.29, 0.717) is 5.69 Å². The molecule has 0 aliphatic heterocycles. The predicted octanol–water partition coefficient (Wildman–Crippen LogP) is 3.50. The Hall–Kier alpha value is -2.87. The molecule has 0 unspecified atom stereocenters. The van der Waals surface area contributed by atoms with Crippen molar-refractivity contribution in [1.82, 2.24) is 5.32 Å². The number of hydrogen-bond acceptors (Lipinski definition) is 4. The Labute approximate surface area is 159 Å². The maximum Gasteiger partial charge on any atom is 0.325 e. The Balaban J connectivity index is 2.20. The van der Waals surface area contributed by atoms with Gasteiger partial charge in [-0.2, -0.15) is 0 Å². The van der Waals surface area contributed by atoms with Crippen LogP contribution in [0.15, 0.2) is 53.4 Å². The second-order valence-corrected chi connectivity index (χ2v) is 7.58. The highest BCUT2D eigenvalue weighted by molar-refractivity contribution is 7.92. The van der Waals surface area contributed by atoms with Gasteiger partial charge < -0.3 is 5.32 Å². The molecule has 0 aromatic heterocycles. The van der Waals surface area contributed by atoms with Gasteiger partial charge in [-0.05, 0) is 36.2 Å². The smallest absolute Gasteiger partial charge is 0.308 e. The summed E-state index contributed by atoms with van der Waals surface area (Å²) in [5, 5.41) is 4.60. The first kappa shape index (κ1) is 20.4. The molecule has 3 amide bonds. The fraction of sp³-hybridized carbons (Fsp3) is 0.263. The third-order valence-electron chi connectivity index (χ3n) is 3.76. The van der Waals surface area contributed by atoms with Gasteiger partial charge in [0.25, 0.3) is 10.0 Å². The third-order valence-corrected chi connectivity index (χ3v) is 5.12. The van der Waals surface area contributed by atoms with Crippen molar-refractivity contribution in [1.29, 1.82) is 0 Å². The summed E-state index contributed by atoms with van der Waals surface area (Å²) >= 11 is 0. The minimum Gasteiger partial charge on any atom is -0.308 e. The molecule has 0 radical (unpaired) electrons. The molecule has 8 heteroatoms. The summed E-state index contributed by atoms with van der Waals surface area (Å²) in [5.74, 6) is -0.425. The van der Waals surface area contributed by atoms with E-state index in [1.54, 1.807) is 25.1 Å². The normalized spacial score (nSPS) is 10.9. The number of rotatable bonds is 7. The number of carbonyl (C=O) groups is 2. The van der Waals surface area contributed by atoms with E-state index in [1.165, 1.54) is 18.2 Å². The Morgan fingerprint density at radius 1 is 1.00 bits per heavy atom. The first-order valence-corrected chi connectivity index (χ1v) is 10.2. The molecule has 0 saturated carbocycles. The fourth-order valence-corrected chi connectivity index (χ4v) is 3.58. The quantitative estimate of drug-likeness (QED) is 0.674. The molecule has 0 aliphatic carbocycles. The van der Waals surface area contributed by atoms with E-state index in [4.69, 9.17) is 0 Å². The van der Waals surface area contributed by atoms with Crippen LogP contribution in [-0.4, -0.2) is 20.4 Å². The summed E-state index contributed by atoms with van der Waals surface area (Å²) < 4.78 is 28.1. The van der Waals surface area contributed by atoms with Crippen molar-refractivity contribution in [2.24, 2.45) is 0 Å². The van der Waals surface area contributed by atoms with Crippen LogP contribution in [-0.2, 0) is 21.2 Å². The highest BCUT2D eigenvalue weighted by Gasteiger charge is 2.17. The summed E-state index contributed by atoms with van der Waals surface area (Å²) in [6.07, 6.45) is 1.82. The van der Waals surface area contributed by atoms with Gasteiger partial charge in [0.1, 0.15) is 0 Å². The molecule has 0 spiro atoms. The highest BCUT2D eigenvalue weighted by Crippen LogP contribution is 2.22. The molecule has 3 N–H and O–H groups in total. The van der Waals surface area contributed by atoms with Gasteiger partial charge in [-0.3, -0.25) is 14.8 Å². The number of sulfonamides is 1. The van der Waals surface area contributed by atoms with Crippen LogP contribution in [0, 0.1) is 0 Å². The van der Waals surface area contributed by atoms with Crippen molar-refractivity contribution in [2.45, 2.75) is 38.0 Å². The van der Waals surface area contributed by atoms with Crippen molar-refractivity contribution < 1.29 is 18.0 Å². The molecule has 2 aromatic rings. The zero-order chi connectivity index (χ0) is 19.9. The van der Waals surface area contributed by atoms with E-state index in [1.807, 2.05) is 19.1 Å². The van der Waals surface area contributed by atoms with Gasteiger partial charge in [0.2, 0.25) is 5.91 Å². The number of aryl methyl sites for hydroxylation is 1. The molecule has 2 aromatic carbocycles. The van der Waals surface area contributed by atoms with E-state index >= 15 is 0 Å². The molecule has 0 heterocycles. The van der Waals surface area contributed by atoms with Crippen LogP contribution in [0.1, 0.15) is 32.3 Å². The van der Waals surface area contributed by atoms with Crippen LogP contribution in [0.3, 0.4) is 0 Å². The summed E-state index contributed by atoms with van der Waals surface area (Å²) in [7, 11) is -3.83. The number of imide groups is 1. The van der Waals surface area contributed by atoms with Crippen LogP contribution in [0.4, 0.5) is 16.2 Å². The largest absolute Gasteiger partial charge is 0.325 e. The molecule has 2 rings (SSSR count). The molecule has 0 aliphatic rings. The predicted molar refractivity (Wildman–Crippen MR) is 105 cm³/mol. The maximum absolute atomic E-state index is 12.7. The first-order valence-electron chi connectivity index (χ1n) is 8.67. The number of para-hydroxylation sites is 1. The second kappa shape index (κ2) is 9.18. The van der Waals surface area contributed by atoms with E-state index < -0.39 is 22.0 Å². The molecule has 7 nitrogen and oxygen atoms in total. The van der Waals surface area contributed by atoms with Gasteiger partial charge in [-0.25, -0.2) is 13.2 Å². The zero-order valence-corrected chi connectivity index (χ0v) is 16.1. The van der Waals surface area contributed by atoms with Crippen LogP contribution in [0.25, 0.3) is 0 Å². The molecule has 0 atom stereocenters. The summed E-state index contributed by atoms with van der Waals surface area (Å²) in [4.78, 5) is 23.0. The number of urea groups is 1. The average molecular weight is 389 g/mol. The lowest BCUT2D eigenvalue weighted by atomic mass is 10.1. The Kier molecular flexibility index (Phi) is 6.95. The van der Waals surface area contributed by atoms with E-state index in [-0.39, 0.29) is 17.0 Å². The summed E-state index contributed by atoms with van der Waals surface area (Å²) in [5.41, 5.74) is 1.71. The fourth-order valence-electron chi connectivity index (χ4n) is 2.43. The molecule has 144 valence electrons. The lowest BCUT2D eigenvalue weighted by molar-refractivity contribution is -0.119. The number of amides is 3. The number of hydrogen-bond donors (Lipinski definition) is 3. The van der Waals surface area contributed by atoms with Gasteiger partial charge in [0.05, 0.1) is 10.6 Å². The first-order chi connectivity index (χ1) is 12.9.